The highest BCUT2D eigenvalue weighted by molar-refractivity contribution is 5.79. The van der Waals surface area contributed by atoms with Gasteiger partial charge in [-0.3, -0.25) is 4.99 Å². The van der Waals surface area contributed by atoms with E-state index < -0.39 is 12.4 Å². The van der Waals surface area contributed by atoms with E-state index in [0.29, 0.717) is 18.4 Å². The molecule has 1 saturated heterocycles. The summed E-state index contributed by atoms with van der Waals surface area (Å²) < 4.78 is 49.5. The molecule has 158 valence electrons. The average Bonchev–Trinajstić information content (AvgIpc) is 2.62. The van der Waals surface area contributed by atoms with Gasteiger partial charge in [0.1, 0.15) is 11.6 Å². The second kappa shape index (κ2) is 10.0. The average molecular weight is 401 g/mol. The molecule has 1 aromatic carbocycles. The summed E-state index contributed by atoms with van der Waals surface area (Å²) in [6.45, 7) is 4.85. The van der Waals surface area contributed by atoms with Gasteiger partial charge in [0.15, 0.2) is 5.96 Å². The number of alkyl halides is 2. The van der Waals surface area contributed by atoms with Gasteiger partial charge in [-0.25, -0.2) is 4.39 Å². The van der Waals surface area contributed by atoms with Crippen LogP contribution in [0.2, 0.25) is 0 Å². The lowest BCUT2D eigenvalue weighted by Crippen LogP contribution is -2.47. The minimum Gasteiger partial charge on any atom is -0.434 e. The molecule has 0 spiro atoms. The van der Waals surface area contributed by atoms with Gasteiger partial charge >= 0.3 is 6.61 Å². The molecule has 1 aliphatic heterocycles. The first kappa shape index (κ1) is 22.3. The van der Waals surface area contributed by atoms with Crippen molar-refractivity contribution in [2.45, 2.75) is 52.9 Å². The van der Waals surface area contributed by atoms with Gasteiger partial charge in [-0.15, -0.1) is 0 Å². The molecule has 0 amide bonds. The van der Waals surface area contributed by atoms with E-state index in [1.807, 2.05) is 0 Å². The molecule has 5 nitrogen and oxygen atoms in total. The number of rotatable bonds is 6. The van der Waals surface area contributed by atoms with Crippen molar-refractivity contribution in [2.24, 2.45) is 16.3 Å². The number of hydrogen-bond donors (Lipinski definition) is 2. The Balaban J connectivity index is 1.97. The van der Waals surface area contributed by atoms with Crippen LogP contribution in [0.15, 0.2) is 23.2 Å². The Bertz CT molecular complexity index is 663. The predicted molar refractivity (Wildman–Crippen MR) is 103 cm³/mol. The van der Waals surface area contributed by atoms with Crippen molar-refractivity contribution in [1.29, 1.82) is 0 Å². The third-order valence-electron chi connectivity index (χ3n) is 4.78. The number of guanidine groups is 1. The summed E-state index contributed by atoms with van der Waals surface area (Å²) in [5, 5.41) is 6.21. The van der Waals surface area contributed by atoms with Gasteiger partial charge in [0.2, 0.25) is 0 Å². The molecule has 1 heterocycles. The van der Waals surface area contributed by atoms with E-state index in [1.165, 1.54) is 18.2 Å². The minimum atomic E-state index is -3.02. The smallest absolute Gasteiger partial charge is 0.387 e. The standard InChI is InChI=1S/C20H30F3N3O2/c1-20(2,3)17-13(7-6-10-27-17)11-25-19(24-4)26-12-14-15(21)8-5-9-16(14)28-18(22)23/h5,8-9,13,17-18H,6-7,10-12H2,1-4H3,(H2,24,25,26). The molecule has 8 heteroatoms. The van der Waals surface area contributed by atoms with E-state index in [2.05, 4.69) is 41.1 Å². The summed E-state index contributed by atoms with van der Waals surface area (Å²) in [5.41, 5.74) is 0.0533. The maximum absolute atomic E-state index is 14.1. The van der Waals surface area contributed by atoms with Crippen LogP contribution in [0, 0.1) is 17.2 Å². The lowest BCUT2D eigenvalue weighted by atomic mass is 9.78. The normalized spacial score (nSPS) is 20.9. The Morgan fingerprint density at radius 2 is 2.07 bits per heavy atom. The minimum absolute atomic E-state index is 0.0262. The van der Waals surface area contributed by atoms with Gasteiger partial charge in [-0.05, 0) is 30.4 Å². The zero-order valence-corrected chi connectivity index (χ0v) is 16.9. The fourth-order valence-electron chi connectivity index (χ4n) is 3.55. The highest BCUT2D eigenvalue weighted by atomic mass is 19.3. The van der Waals surface area contributed by atoms with Gasteiger partial charge in [0.05, 0.1) is 6.10 Å². The summed E-state index contributed by atoms with van der Waals surface area (Å²) >= 11 is 0. The number of nitrogens with one attached hydrogen (secondary N) is 2. The Hall–Kier alpha value is -1.96. The van der Waals surface area contributed by atoms with Crippen LogP contribution in [0.25, 0.3) is 0 Å². The summed E-state index contributed by atoms with van der Waals surface area (Å²) in [6.07, 6.45) is 2.18. The van der Waals surface area contributed by atoms with Crippen LogP contribution in [0.1, 0.15) is 39.2 Å². The fraction of sp³-hybridized carbons (Fsp3) is 0.650. The molecule has 2 unspecified atom stereocenters. The van der Waals surface area contributed by atoms with Gasteiger partial charge in [-0.2, -0.15) is 8.78 Å². The summed E-state index contributed by atoms with van der Waals surface area (Å²) in [4.78, 5) is 4.14. The second-order valence-corrected chi connectivity index (χ2v) is 7.96. The van der Waals surface area contributed by atoms with Crippen molar-refractivity contribution in [2.75, 3.05) is 20.2 Å². The number of aliphatic imine (C=N–C) groups is 1. The molecule has 1 fully saturated rings. The molecule has 0 aromatic heterocycles. The molecular weight excluding hydrogens is 371 g/mol. The molecule has 1 aromatic rings. The monoisotopic (exact) mass is 401 g/mol. The van der Waals surface area contributed by atoms with Gasteiger partial charge < -0.3 is 20.1 Å². The molecule has 0 saturated carbocycles. The molecule has 28 heavy (non-hydrogen) atoms. The van der Waals surface area contributed by atoms with Crippen molar-refractivity contribution in [3.8, 4) is 5.75 Å². The van der Waals surface area contributed by atoms with Crippen LogP contribution in [0.4, 0.5) is 13.2 Å². The third-order valence-corrected chi connectivity index (χ3v) is 4.78. The van der Waals surface area contributed by atoms with Crippen molar-refractivity contribution < 1.29 is 22.6 Å². The van der Waals surface area contributed by atoms with Gasteiger partial charge in [-0.1, -0.05) is 26.8 Å². The van der Waals surface area contributed by atoms with E-state index >= 15 is 0 Å². The van der Waals surface area contributed by atoms with Crippen LogP contribution in [-0.2, 0) is 11.3 Å². The Kier molecular flexibility index (Phi) is 7.98. The first-order valence-corrected chi connectivity index (χ1v) is 9.50. The molecule has 0 bridgehead atoms. The molecule has 2 rings (SSSR count). The quantitative estimate of drug-likeness (QED) is 0.560. The van der Waals surface area contributed by atoms with E-state index in [0.717, 1.165) is 19.4 Å². The van der Waals surface area contributed by atoms with Gasteiger partial charge in [0, 0.05) is 38.2 Å². The van der Waals surface area contributed by atoms with Gasteiger partial charge in [0.25, 0.3) is 0 Å². The van der Waals surface area contributed by atoms with E-state index in [4.69, 9.17) is 4.74 Å². The Labute approximate surface area is 164 Å². The van der Waals surface area contributed by atoms with Crippen molar-refractivity contribution in [3.63, 3.8) is 0 Å². The maximum atomic E-state index is 14.1. The Morgan fingerprint density at radius 3 is 2.71 bits per heavy atom. The lowest BCUT2D eigenvalue weighted by Gasteiger charge is -2.40. The van der Waals surface area contributed by atoms with Crippen LogP contribution in [-0.4, -0.2) is 38.9 Å². The zero-order chi connectivity index (χ0) is 20.7. The number of halogens is 3. The van der Waals surface area contributed by atoms with Crippen molar-refractivity contribution in [1.82, 2.24) is 10.6 Å². The van der Waals surface area contributed by atoms with Crippen molar-refractivity contribution >= 4 is 5.96 Å². The molecule has 0 aliphatic carbocycles. The Morgan fingerprint density at radius 1 is 1.32 bits per heavy atom. The van der Waals surface area contributed by atoms with E-state index in [9.17, 15) is 13.2 Å². The molecular formula is C20H30F3N3O2. The van der Waals surface area contributed by atoms with E-state index in [1.54, 1.807) is 7.05 Å². The number of benzene rings is 1. The van der Waals surface area contributed by atoms with Crippen LogP contribution >= 0.6 is 0 Å². The zero-order valence-electron chi connectivity index (χ0n) is 16.9. The number of ether oxygens (including phenoxy) is 2. The first-order chi connectivity index (χ1) is 13.2. The van der Waals surface area contributed by atoms with E-state index in [-0.39, 0.29) is 29.4 Å². The molecule has 2 N–H and O–H groups in total. The third kappa shape index (κ3) is 6.29. The first-order valence-electron chi connectivity index (χ1n) is 9.50. The molecule has 0 radical (unpaired) electrons. The topological polar surface area (TPSA) is 54.9 Å². The number of nitrogens with zero attached hydrogens (tertiary/aromatic N) is 1. The predicted octanol–water partition coefficient (Wildman–Crippen LogP) is 3.93. The largest absolute Gasteiger partial charge is 0.434 e. The number of hydrogen-bond acceptors (Lipinski definition) is 3. The molecule has 1 aliphatic rings. The highest BCUT2D eigenvalue weighted by Gasteiger charge is 2.35. The fourth-order valence-corrected chi connectivity index (χ4v) is 3.55. The summed E-state index contributed by atoms with van der Waals surface area (Å²) in [6, 6.07) is 3.86. The highest BCUT2D eigenvalue weighted by Crippen LogP contribution is 2.33. The summed E-state index contributed by atoms with van der Waals surface area (Å²) in [5.74, 6) is -0.0241. The van der Waals surface area contributed by atoms with Crippen LogP contribution < -0.4 is 15.4 Å². The maximum Gasteiger partial charge on any atom is 0.387 e. The van der Waals surface area contributed by atoms with Crippen molar-refractivity contribution in [3.05, 3.63) is 29.6 Å². The van der Waals surface area contributed by atoms with Crippen LogP contribution in [0.3, 0.4) is 0 Å². The summed E-state index contributed by atoms with van der Waals surface area (Å²) in [7, 11) is 1.60. The SMILES string of the molecule is CN=C(NCc1c(F)cccc1OC(F)F)NCC1CCCOC1C(C)(C)C. The second-order valence-electron chi connectivity index (χ2n) is 7.96. The molecule has 2 atom stereocenters. The van der Waals surface area contributed by atoms with Crippen LogP contribution in [0.5, 0.6) is 5.75 Å². The lowest BCUT2D eigenvalue weighted by molar-refractivity contribution is -0.0835.